The molecule has 11 nitrogen and oxygen atoms in total. The van der Waals surface area contributed by atoms with E-state index in [0.717, 1.165) is 0 Å². The molecule has 32 heavy (non-hydrogen) atoms. The van der Waals surface area contributed by atoms with Crippen molar-refractivity contribution in [3.63, 3.8) is 0 Å². The molecule has 15 heteroatoms. The van der Waals surface area contributed by atoms with E-state index in [2.05, 4.69) is 4.98 Å². The molecule has 2 aliphatic rings. The Kier molecular flexibility index (Phi) is 5.77. The highest BCUT2D eigenvalue weighted by atomic mass is 31.2. The Morgan fingerprint density at radius 2 is 2.09 bits per heavy atom. The number of phosphoric acid groups is 1. The Hall–Kier alpha value is -2.48. The lowest BCUT2D eigenvalue weighted by Gasteiger charge is -2.32. The van der Waals surface area contributed by atoms with E-state index in [-0.39, 0.29) is 12.4 Å². The van der Waals surface area contributed by atoms with Crippen molar-refractivity contribution in [2.45, 2.75) is 37.1 Å². The molecule has 0 bridgehead atoms. The quantitative estimate of drug-likeness (QED) is 0.528. The van der Waals surface area contributed by atoms with Crippen molar-refractivity contribution in [3.8, 4) is 5.75 Å². The number of anilines is 1. The van der Waals surface area contributed by atoms with E-state index < -0.39 is 62.2 Å². The zero-order valence-electron chi connectivity index (χ0n) is 16.0. The minimum atomic E-state index is -4.41. The van der Waals surface area contributed by atoms with Gasteiger partial charge in [-0.2, -0.15) is 4.98 Å². The van der Waals surface area contributed by atoms with Crippen LogP contribution in [0.2, 0.25) is 0 Å². The molecule has 0 amide bonds. The van der Waals surface area contributed by atoms with E-state index in [9.17, 15) is 32.7 Å². The average molecular weight is 479 g/mol. The van der Waals surface area contributed by atoms with Crippen LogP contribution in [0.25, 0.3) is 0 Å². The molecule has 2 aliphatic heterocycles. The Labute approximate surface area is 177 Å². The molecule has 4 N–H and O–H groups in total. The Morgan fingerprint density at radius 3 is 2.81 bits per heavy atom. The fourth-order valence-corrected chi connectivity index (χ4v) is 4.54. The maximum absolute atomic E-state index is 14.0. The Balaban J connectivity index is 1.59. The zero-order valence-corrected chi connectivity index (χ0v) is 16.9. The summed E-state index contributed by atoms with van der Waals surface area (Å²) in [5, 5.41) is 20.6. The van der Waals surface area contributed by atoms with Crippen LogP contribution < -0.4 is 15.9 Å². The minimum absolute atomic E-state index is 0.147. The van der Waals surface area contributed by atoms with Crippen LogP contribution in [0.5, 0.6) is 5.75 Å². The third kappa shape index (κ3) is 3.78. The smallest absolute Gasteiger partial charge is 0.404 e. The minimum Gasteiger partial charge on any atom is -0.404 e. The molecular weight excluding hydrogens is 462 g/mol. The molecule has 0 saturated carbocycles. The summed E-state index contributed by atoms with van der Waals surface area (Å²) < 4.78 is 75.2. The van der Waals surface area contributed by atoms with Crippen LogP contribution in [-0.4, -0.2) is 50.6 Å². The first-order valence-electron chi connectivity index (χ1n) is 9.09. The molecule has 5 atom stereocenters. The number of aliphatic hydroxyl groups excluding tert-OH is 2. The van der Waals surface area contributed by atoms with Gasteiger partial charge in [-0.05, 0) is 6.07 Å². The highest BCUT2D eigenvalue weighted by molar-refractivity contribution is 7.49. The molecule has 1 aromatic heterocycles. The van der Waals surface area contributed by atoms with E-state index in [1.807, 2.05) is 0 Å². The topological polar surface area (TPSA) is 155 Å². The third-order valence-corrected chi connectivity index (χ3v) is 6.35. The van der Waals surface area contributed by atoms with Gasteiger partial charge in [-0.3, -0.25) is 13.6 Å². The number of aliphatic hydroxyl groups is 2. The number of benzene rings is 1. The van der Waals surface area contributed by atoms with Gasteiger partial charge in [-0.25, -0.2) is 22.5 Å². The Bertz CT molecular complexity index is 1130. The SMILES string of the molecule is Nc1nc(=O)n([C@@H]2O[C@@](COP3(=O)OCc4ccccc4O3)(C(F)F)[C@H](O)[C@H]2O)cc1F. The van der Waals surface area contributed by atoms with Gasteiger partial charge >= 0.3 is 13.5 Å². The van der Waals surface area contributed by atoms with Gasteiger partial charge in [0.1, 0.15) is 18.0 Å². The van der Waals surface area contributed by atoms with Gasteiger partial charge in [0.25, 0.3) is 6.43 Å². The van der Waals surface area contributed by atoms with Gasteiger partial charge in [-0.15, -0.1) is 0 Å². The van der Waals surface area contributed by atoms with Crippen LogP contribution in [-0.2, 0) is 25.0 Å². The van der Waals surface area contributed by atoms with Gasteiger partial charge in [0.2, 0.25) is 0 Å². The fourth-order valence-electron chi connectivity index (χ4n) is 3.28. The van der Waals surface area contributed by atoms with Crippen molar-refractivity contribution < 1.29 is 46.3 Å². The maximum Gasteiger partial charge on any atom is 0.530 e. The summed E-state index contributed by atoms with van der Waals surface area (Å²) in [5.41, 5.74) is 1.52. The zero-order chi connectivity index (χ0) is 23.3. The van der Waals surface area contributed by atoms with Crippen molar-refractivity contribution in [3.05, 3.63) is 52.3 Å². The van der Waals surface area contributed by atoms with E-state index in [1.165, 1.54) is 6.07 Å². The first-order chi connectivity index (χ1) is 15.1. The lowest BCUT2D eigenvalue weighted by Crippen LogP contribution is -2.52. The van der Waals surface area contributed by atoms with Crippen LogP contribution >= 0.6 is 7.82 Å². The summed E-state index contributed by atoms with van der Waals surface area (Å²) in [6.07, 6.45) is -9.48. The molecule has 3 heterocycles. The number of para-hydroxylation sites is 1. The van der Waals surface area contributed by atoms with Crippen molar-refractivity contribution in [2.75, 3.05) is 12.3 Å². The van der Waals surface area contributed by atoms with Crippen LogP contribution in [0.3, 0.4) is 0 Å². The highest BCUT2D eigenvalue weighted by Gasteiger charge is 2.62. The van der Waals surface area contributed by atoms with Gasteiger partial charge in [-0.1, -0.05) is 18.2 Å². The monoisotopic (exact) mass is 479 g/mol. The van der Waals surface area contributed by atoms with Crippen LogP contribution in [0.4, 0.5) is 19.0 Å². The van der Waals surface area contributed by atoms with E-state index >= 15 is 0 Å². The predicted molar refractivity (Wildman–Crippen MR) is 99.2 cm³/mol. The number of nitrogens with two attached hydrogens (primary N) is 1. The molecule has 1 unspecified atom stereocenters. The van der Waals surface area contributed by atoms with Crippen LogP contribution in [0.15, 0.2) is 35.3 Å². The second kappa shape index (κ2) is 8.14. The number of hydrogen-bond acceptors (Lipinski definition) is 10. The largest absolute Gasteiger partial charge is 0.530 e. The van der Waals surface area contributed by atoms with Crippen molar-refractivity contribution in [1.82, 2.24) is 9.55 Å². The highest BCUT2D eigenvalue weighted by Crippen LogP contribution is 2.56. The summed E-state index contributed by atoms with van der Waals surface area (Å²) in [5.74, 6) is -1.80. The second-order valence-corrected chi connectivity index (χ2v) is 8.65. The molecule has 0 spiro atoms. The van der Waals surface area contributed by atoms with Gasteiger partial charge in [0.15, 0.2) is 23.5 Å². The normalized spacial score (nSPS) is 32.0. The number of aromatic nitrogens is 2. The molecule has 174 valence electrons. The van der Waals surface area contributed by atoms with E-state index in [1.54, 1.807) is 18.2 Å². The number of ether oxygens (including phenoxy) is 1. The number of nitrogen functional groups attached to an aromatic ring is 1. The number of fused-ring (bicyclic) bond motifs is 1. The van der Waals surface area contributed by atoms with E-state index in [0.29, 0.717) is 16.3 Å². The van der Waals surface area contributed by atoms with E-state index in [4.69, 9.17) is 24.0 Å². The number of alkyl halides is 2. The second-order valence-electron chi connectivity index (χ2n) is 7.06. The average Bonchev–Trinajstić information content (AvgIpc) is 3.01. The maximum atomic E-state index is 14.0. The summed E-state index contributed by atoms with van der Waals surface area (Å²) in [6.45, 7) is -1.46. The van der Waals surface area contributed by atoms with Crippen molar-refractivity contribution >= 4 is 13.6 Å². The van der Waals surface area contributed by atoms with Crippen molar-refractivity contribution in [2.24, 2.45) is 0 Å². The van der Waals surface area contributed by atoms with Crippen molar-refractivity contribution in [1.29, 1.82) is 0 Å². The first kappa shape index (κ1) is 22.7. The molecule has 0 aliphatic carbocycles. The first-order valence-corrected chi connectivity index (χ1v) is 10.6. The number of rotatable bonds is 5. The van der Waals surface area contributed by atoms with Crippen LogP contribution in [0.1, 0.15) is 11.8 Å². The number of hydrogen-bond donors (Lipinski definition) is 3. The molecule has 4 rings (SSSR count). The van der Waals surface area contributed by atoms with Gasteiger partial charge < -0.3 is 25.2 Å². The summed E-state index contributed by atoms with van der Waals surface area (Å²) in [4.78, 5) is 15.2. The molecule has 1 fully saturated rings. The number of halogens is 3. The number of nitrogens with zero attached hydrogens (tertiary/aromatic N) is 2. The molecular formula is C17H17F3N3O8P. The Morgan fingerprint density at radius 1 is 1.38 bits per heavy atom. The molecule has 2 aromatic rings. The molecule has 1 aromatic carbocycles. The van der Waals surface area contributed by atoms with Gasteiger partial charge in [0.05, 0.1) is 19.4 Å². The van der Waals surface area contributed by atoms with Crippen LogP contribution in [0, 0.1) is 5.82 Å². The third-order valence-electron chi connectivity index (χ3n) is 5.04. The fraction of sp³-hybridized carbons (Fsp3) is 0.412. The lowest BCUT2D eigenvalue weighted by atomic mass is 9.96. The number of phosphoric ester groups is 1. The molecule has 1 saturated heterocycles. The summed E-state index contributed by atoms with van der Waals surface area (Å²) >= 11 is 0. The lowest BCUT2D eigenvalue weighted by molar-refractivity contribution is -0.194. The summed E-state index contributed by atoms with van der Waals surface area (Å²) in [7, 11) is -4.41. The predicted octanol–water partition coefficient (Wildman–Crippen LogP) is 0.953. The summed E-state index contributed by atoms with van der Waals surface area (Å²) in [6, 6.07) is 6.35. The molecule has 0 radical (unpaired) electrons. The standard InChI is InChI=1S/C17H17F3N3O8P/c18-9-5-23(16(26)22-13(9)21)14-11(24)12(25)17(30-14,15(19)20)7-29-32(27)28-6-8-3-1-2-4-10(8)31-32/h1-5,11-12,14-15,24-25H,6-7H2,(H2,21,22,26)/t11-,12-,14-,17-,32?/m1/s1. The van der Waals surface area contributed by atoms with Gasteiger partial charge in [0, 0.05) is 5.56 Å².